The fraction of sp³-hybridized carbons (Fsp3) is 0.233. The van der Waals surface area contributed by atoms with Crippen molar-refractivity contribution >= 4 is 17.6 Å². The van der Waals surface area contributed by atoms with Crippen molar-refractivity contribution < 1.29 is 9.84 Å². The average Bonchev–Trinajstić information content (AvgIpc) is 2.95. The van der Waals surface area contributed by atoms with Crippen molar-refractivity contribution in [1.29, 1.82) is 10.5 Å². The van der Waals surface area contributed by atoms with E-state index in [2.05, 4.69) is 32.4 Å². The number of nitrogens with zero attached hydrogens (tertiary/aromatic N) is 6. The van der Waals surface area contributed by atoms with Gasteiger partial charge in [0.2, 0.25) is 11.9 Å². The Morgan fingerprint density at radius 1 is 0.846 bits per heavy atom. The van der Waals surface area contributed by atoms with Crippen LogP contribution < -0.4 is 15.0 Å². The fourth-order valence-electron chi connectivity index (χ4n) is 4.52. The highest BCUT2D eigenvalue weighted by molar-refractivity contribution is 5.68. The first-order chi connectivity index (χ1) is 18.9. The highest BCUT2D eigenvalue weighted by atomic mass is 16.5. The number of nitriles is 2. The molecule has 1 fully saturated rings. The SMILES string of the molecule is Cc1cc(-c2ccc(C#N)cc2)cc(C)c1Oc1nc(Nc2ccc(C#N)cc2)nc(N2CCC(O)CC2)n1. The van der Waals surface area contributed by atoms with Crippen molar-refractivity contribution in [2.45, 2.75) is 32.8 Å². The number of rotatable bonds is 6. The quantitative estimate of drug-likeness (QED) is 0.345. The lowest BCUT2D eigenvalue weighted by Gasteiger charge is -2.29. The van der Waals surface area contributed by atoms with Crippen LogP contribution in [0.5, 0.6) is 11.8 Å². The van der Waals surface area contributed by atoms with E-state index in [1.807, 2.05) is 43.0 Å². The summed E-state index contributed by atoms with van der Waals surface area (Å²) in [6.45, 7) is 5.19. The normalized spacial score (nSPS) is 13.4. The molecule has 1 aliphatic rings. The van der Waals surface area contributed by atoms with Crippen LogP contribution in [0.15, 0.2) is 60.7 Å². The molecule has 0 spiro atoms. The van der Waals surface area contributed by atoms with Crippen molar-refractivity contribution in [3.05, 3.63) is 82.9 Å². The first-order valence-electron chi connectivity index (χ1n) is 12.7. The van der Waals surface area contributed by atoms with Crippen LogP contribution in [0, 0.1) is 36.5 Å². The molecule has 2 heterocycles. The molecule has 3 aromatic carbocycles. The Morgan fingerprint density at radius 2 is 1.44 bits per heavy atom. The molecule has 4 aromatic rings. The van der Waals surface area contributed by atoms with Crippen LogP contribution in [-0.4, -0.2) is 39.3 Å². The molecule has 0 radical (unpaired) electrons. The van der Waals surface area contributed by atoms with E-state index < -0.39 is 0 Å². The first-order valence-corrected chi connectivity index (χ1v) is 12.7. The molecule has 0 unspecified atom stereocenters. The minimum absolute atomic E-state index is 0.152. The Balaban J connectivity index is 1.46. The zero-order chi connectivity index (χ0) is 27.4. The van der Waals surface area contributed by atoms with Crippen molar-refractivity contribution in [1.82, 2.24) is 15.0 Å². The Kier molecular flexibility index (Phi) is 7.35. The van der Waals surface area contributed by atoms with E-state index in [4.69, 9.17) is 15.3 Å². The summed E-state index contributed by atoms with van der Waals surface area (Å²) >= 11 is 0. The number of aryl methyl sites for hydroxylation is 2. The second kappa shape index (κ2) is 11.2. The van der Waals surface area contributed by atoms with E-state index in [1.54, 1.807) is 36.4 Å². The van der Waals surface area contributed by atoms with Gasteiger partial charge in [-0.25, -0.2) is 0 Å². The molecule has 1 saturated heterocycles. The zero-order valence-corrected chi connectivity index (χ0v) is 21.7. The van der Waals surface area contributed by atoms with Gasteiger partial charge in [0.15, 0.2) is 0 Å². The number of anilines is 3. The van der Waals surface area contributed by atoms with Crippen LogP contribution >= 0.6 is 0 Å². The third kappa shape index (κ3) is 5.96. The van der Waals surface area contributed by atoms with Gasteiger partial charge in [0, 0.05) is 18.8 Å². The molecule has 1 aliphatic heterocycles. The number of benzene rings is 3. The Hall–Kier alpha value is -4.99. The third-order valence-electron chi connectivity index (χ3n) is 6.62. The summed E-state index contributed by atoms with van der Waals surface area (Å²) in [5.74, 6) is 1.44. The summed E-state index contributed by atoms with van der Waals surface area (Å²) in [6, 6.07) is 23.0. The molecule has 5 rings (SSSR count). The Labute approximate surface area is 227 Å². The molecule has 0 aliphatic carbocycles. The lowest BCUT2D eigenvalue weighted by Crippen LogP contribution is -2.37. The number of nitrogens with one attached hydrogen (secondary N) is 1. The summed E-state index contributed by atoms with van der Waals surface area (Å²) in [5, 5.41) is 31.3. The van der Waals surface area contributed by atoms with E-state index in [1.165, 1.54) is 0 Å². The van der Waals surface area contributed by atoms with Crippen LogP contribution in [-0.2, 0) is 0 Å². The fourth-order valence-corrected chi connectivity index (χ4v) is 4.52. The molecule has 0 bridgehead atoms. The van der Waals surface area contributed by atoms with Gasteiger partial charge in [0.1, 0.15) is 5.75 Å². The van der Waals surface area contributed by atoms with Crippen molar-refractivity contribution in [2.75, 3.05) is 23.3 Å². The Bertz CT molecular complexity index is 1540. The van der Waals surface area contributed by atoms with Crippen LogP contribution in [0.25, 0.3) is 11.1 Å². The number of piperidine rings is 1. The van der Waals surface area contributed by atoms with Crippen LogP contribution in [0.3, 0.4) is 0 Å². The minimum atomic E-state index is -0.324. The maximum absolute atomic E-state index is 9.95. The summed E-state index contributed by atoms with van der Waals surface area (Å²) in [7, 11) is 0. The van der Waals surface area contributed by atoms with Crippen molar-refractivity contribution in [3.63, 3.8) is 0 Å². The van der Waals surface area contributed by atoms with Gasteiger partial charge in [0.25, 0.3) is 0 Å². The molecule has 1 aromatic heterocycles. The highest BCUT2D eigenvalue weighted by Crippen LogP contribution is 2.33. The van der Waals surface area contributed by atoms with Crippen molar-refractivity contribution in [2.24, 2.45) is 0 Å². The largest absolute Gasteiger partial charge is 0.424 e. The summed E-state index contributed by atoms with van der Waals surface area (Å²) in [6.07, 6.45) is 0.944. The lowest BCUT2D eigenvalue weighted by molar-refractivity contribution is 0.145. The van der Waals surface area contributed by atoms with Crippen LogP contribution in [0.2, 0.25) is 0 Å². The van der Waals surface area contributed by atoms with E-state index in [9.17, 15) is 5.11 Å². The third-order valence-corrected chi connectivity index (χ3v) is 6.62. The number of aliphatic hydroxyl groups is 1. The van der Waals surface area contributed by atoms with Gasteiger partial charge in [-0.15, -0.1) is 0 Å². The molecule has 0 atom stereocenters. The molecule has 2 N–H and O–H groups in total. The molecule has 194 valence electrons. The molecular weight excluding hydrogens is 490 g/mol. The standard InChI is InChI=1S/C30H27N7O2/c1-19-15-24(23-7-3-21(17-31)4-8-23)16-20(2)27(19)39-30-35-28(33-25-9-5-22(18-32)6-10-25)34-29(36-30)37-13-11-26(38)12-14-37/h3-10,15-16,26,38H,11-14H2,1-2H3,(H,33,34,35,36). The molecule has 0 saturated carbocycles. The number of hydrogen-bond donors (Lipinski definition) is 2. The lowest BCUT2D eigenvalue weighted by atomic mass is 9.99. The highest BCUT2D eigenvalue weighted by Gasteiger charge is 2.22. The second-order valence-electron chi connectivity index (χ2n) is 9.50. The first kappa shape index (κ1) is 25.7. The molecule has 9 heteroatoms. The topological polar surface area (TPSA) is 131 Å². The van der Waals surface area contributed by atoms with Gasteiger partial charge in [0.05, 0.1) is 29.4 Å². The number of ether oxygens (including phenoxy) is 1. The van der Waals surface area contributed by atoms with Gasteiger partial charge in [-0.3, -0.25) is 0 Å². The average molecular weight is 518 g/mol. The number of aliphatic hydroxyl groups excluding tert-OH is 1. The Morgan fingerprint density at radius 3 is 2.03 bits per heavy atom. The van der Waals surface area contributed by atoms with E-state index in [0.717, 1.165) is 27.9 Å². The van der Waals surface area contributed by atoms with Gasteiger partial charge in [-0.05, 0) is 97.5 Å². The molecule has 0 amide bonds. The maximum atomic E-state index is 9.95. The summed E-state index contributed by atoms with van der Waals surface area (Å²) < 4.78 is 6.27. The van der Waals surface area contributed by atoms with Gasteiger partial charge in [-0.2, -0.15) is 25.5 Å². The molecular formula is C30H27N7O2. The summed E-state index contributed by atoms with van der Waals surface area (Å²) in [4.78, 5) is 15.8. The summed E-state index contributed by atoms with van der Waals surface area (Å²) in [5.41, 5.74) is 5.77. The second-order valence-corrected chi connectivity index (χ2v) is 9.50. The number of aromatic nitrogens is 3. The predicted molar refractivity (Wildman–Crippen MR) is 148 cm³/mol. The smallest absolute Gasteiger partial charge is 0.328 e. The van der Waals surface area contributed by atoms with Gasteiger partial charge >= 0.3 is 6.01 Å². The number of hydrogen-bond acceptors (Lipinski definition) is 9. The van der Waals surface area contributed by atoms with Crippen molar-refractivity contribution in [3.8, 4) is 35.0 Å². The van der Waals surface area contributed by atoms with E-state index in [-0.39, 0.29) is 12.1 Å². The zero-order valence-electron chi connectivity index (χ0n) is 21.7. The van der Waals surface area contributed by atoms with E-state index in [0.29, 0.717) is 54.7 Å². The monoisotopic (exact) mass is 517 g/mol. The van der Waals surface area contributed by atoms with Crippen LogP contribution in [0.1, 0.15) is 35.1 Å². The van der Waals surface area contributed by atoms with Gasteiger partial charge < -0.3 is 20.1 Å². The van der Waals surface area contributed by atoms with Crippen LogP contribution in [0.4, 0.5) is 17.6 Å². The predicted octanol–water partition coefficient (Wildman–Crippen LogP) is 5.40. The maximum Gasteiger partial charge on any atom is 0.328 e. The van der Waals surface area contributed by atoms with E-state index >= 15 is 0 Å². The molecule has 9 nitrogen and oxygen atoms in total. The minimum Gasteiger partial charge on any atom is -0.424 e. The van der Waals surface area contributed by atoms with Gasteiger partial charge in [-0.1, -0.05) is 12.1 Å². The molecule has 39 heavy (non-hydrogen) atoms.